The minimum absolute atomic E-state index is 0.0581. The number of nitrogens with zero attached hydrogens (tertiary/aromatic N) is 4. The van der Waals surface area contributed by atoms with Gasteiger partial charge in [0, 0.05) is 27.3 Å². The number of carbonyl (C=O) groups is 2. The largest absolute Gasteiger partial charge is 0.396 e. The zero-order chi connectivity index (χ0) is 13.0. The molecule has 0 unspecified atom stereocenters. The number of anilines is 1. The van der Waals surface area contributed by atoms with E-state index >= 15 is 0 Å². The summed E-state index contributed by atoms with van der Waals surface area (Å²) >= 11 is 0. The van der Waals surface area contributed by atoms with Crippen LogP contribution in [0, 0.1) is 0 Å². The maximum absolute atomic E-state index is 11.7. The van der Waals surface area contributed by atoms with Crippen LogP contribution in [-0.4, -0.2) is 59.1 Å². The van der Waals surface area contributed by atoms with Gasteiger partial charge in [-0.3, -0.25) is 14.3 Å². The van der Waals surface area contributed by atoms with Gasteiger partial charge in [0.1, 0.15) is 6.54 Å². The number of hydrogen-bond acceptors (Lipinski definition) is 4. The first-order valence-corrected chi connectivity index (χ1v) is 5.12. The van der Waals surface area contributed by atoms with Crippen molar-refractivity contribution < 1.29 is 9.59 Å². The monoisotopic (exact) mass is 239 g/mol. The number of likely N-dealkylation sites (N-methyl/N-ethyl adjacent to an activating group) is 2. The summed E-state index contributed by atoms with van der Waals surface area (Å²) in [7, 11) is 4.88. The van der Waals surface area contributed by atoms with E-state index in [1.54, 1.807) is 27.3 Å². The molecule has 2 N–H and O–H groups in total. The number of rotatable bonds is 4. The molecule has 1 aromatic rings. The molecule has 0 fully saturated rings. The maximum Gasteiger partial charge on any atom is 0.244 e. The van der Waals surface area contributed by atoms with Gasteiger partial charge in [0.2, 0.25) is 11.8 Å². The molecule has 0 aliphatic rings. The summed E-state index contributed by atoms with van der Waals surface area (Å²) in [5, 5.41) is 3.90. The molecule has 2 amide bonds. The number of nitrogens with two attached hydrogens (primary N) is 1. The molecule has 94 valence electrons. The third-order valence-corrected chi connectivity index (χ3v) is 2.25. The van der Waals surface area contributed by atoms with Crippen LogP contribution in [0.1, 0.15) is 0 Å². The molecule has 1 aromatic heterocycles. The van der Waals surface area contributed by atoms with E-state index < -0.39 is 0 Å². The van der Waals surface area contributed by atoms with Crippen LogP contribution in [0.2, 0.25) is 0 Å². The molecule has 0 aliphatic carbocycles. The first kappa shape index (κ1) is 13.0. The molecule has 17 heavy (non-hydrogen) atoms. The standard InChI is InChI=1S/C10H17N5O2/c1-13(2)9(16)6-14(3)10(17)7-15-5-8(11)4-12-15/h4-5H,6-7,11H2,1-3H3. The summed E-state index contributed by atoms with van der Waals surface area (Å²) in [5.74, 6) is -0.316. The third-order valence-electron chi connectivity index (χ3n) is 2.25. The van der Waals surface area contributed by atoms with Gasteiger partial charge in [-0.2, -0.15) is 5.10 Å². The van der Waals surface area contributed by atoms with E-state index in [-0.39, 0.29) is 24.9 Å². The van der Waals surface area contributed by atoms with Crippen LogP contribution >= 0.6 is 0 Å². The van der Waals surface area contributed by atoms with E-state index in [0.717, 1.165) is 0 Å². The minimum Gasteiger partial charge on any atom is -0.396 e. The van der Waals surface area contributed by atoms with Crippen molar-refractivity contribution in [2.24, 2.45) is 0 Å². The summed E-state index contributed by atoms with van der Waals surface area (Å²) in [5.41, 5.74) is 5.99. The average Bonchev–Trinajstić information content (AvgIpc) is 2.63. The lowest BCUT2D eigenvalue weighted by molar-refractivity contribution is -0.138. The van der Waals surface area contributed by atoms with E-state index in [4.69, 9.17) is 5.73 Å². The van der Waals surface area contributed by atoms with Crippen molar-refractivity contribution in [3.05, 3.63) is 12.4 Å². The van der Waals surface area contributed by atoms with E-state index in [1.165, 1.54) is 20.7 Å². The van der Waals surface area contributed by atoms with Crippen LogP contribution in [0.15, 0.2) is 12.4 Å². The molecule has 1 rings (SSSR count). The lowest BCUT2D eigenvalue weighted by Gasteiger charge is -2.19. The zero-order valence-corrected chi connectivity index (χ0v) is 10.3. The van der Waals surface area contributed by atoms with Crippen LogP contribution < -0.4 is 5.73 Å². The molecule has 0 radical (unpaired) electrons. The number of amides is 2. The predicted molar refractivity (Wildman–Crippen MR) is 63.0 cm³/mol. The van der Waals surface area contributed by atoms with Gasteiger partial charge in [0.25, 0.3) is 0 Å². The van der Waals surface area contributed by atoms with Crippen LogP contribution in [0.5, 0.6) is 0 Å². The van der Waals surface area contributed by atoms with Crippen molar-refractivity contribution >= 4 is 17.5 Å². The highest BCUT2D eigenvalue weighted by molar-refractivity contribution is 5.84. The Hall–Kier alpha value is -2.05. The van der Waals surface area contributed by atoms with Crippen LogP contribution in [0.4, 0.5) is 5.69 Å². The average molecular weight is 239 g/mol. The molecular formula is C10H17N5O2. The summed E-state index contributed by atoms with van der Waals surface area (Å²) in [6.07, 6.45) is 3.04. The lowest BCUT2D eigenvalue weighted by Crippen LogP contribution is -2.39. The van der Waals surface area contributed by atoms with Gasteiger partial charge in [-0.15, -0.1) is 0 Å². The minimum atomic E-state index is -0.191. The number of hydrogen-bond donors (Lipinski definition) is 1. The highest BCUT2D eigenvalue weighted by atomic mass is 16.2. The van der Waals surface area contributed by atoms with E-state index in [9.17, 15) is 9.59 Å². The second kappa shape index (κ2) is 5.33. The van der Waals surface area contributed by atoms with Gasteiger partial charge in [0.15, 0.2) is 0 Å². The lowest BCUT2D eigenvalue weighted by atomic mass is 10.4. The molecule has 7 heteroatoms. The smallest absolute Gasteiger partial charge is 0.244 e. The van der Waals surface area contributed by atoms with Crippen LogP contribution in [0.25, 0.3) is 0 Å². The van der Waals surface area contributed by atoms with Crippen LogP contribution in [0.3, 0.4) is 0 Å². The van der Waals surface area contributed by atoms with Gasteiger partial charge < -0.3 is 15.5 Å². The van der Waals surface area contributed by atoms with Gasteiger partial charge in [-0.05, 0) is 0 Å². The molecule has 0 saturated carbocycles. The second-order valence-electron chi connectivity index (χ2n) is 4.01. The van der Waals surface area contributed by atoms with Gasteiger partial charge in [0.05, 0.1) is 18.4 Å². The van der Waals surface area contributed by atoms with Crippen molar-refractivity contribution in [1.82, 2.24) is 19.6 Å². The third kappa shape index (κ3) is 3.78. The first-order valence-electron chi connectivity index (χ1n) is 5.12. The quantitative estimate of drug-likeness (QED) is 0.731. The fourth-order valence-corrected chi connectivity index (χ4v) is 1.16. The fraction of sp³-hybridized carbons (Fsp3) is 0.500. The Kier molecular flexibility index (Phi) is 4.08. The van der Waals surface area contributed by atoms with E-state index in [0.29, 0.717) is 5.69 Å². The molecule has 0 aromatic carbocycles. The van der Waals surface area contributed by atoms with E-state index in [2.05, 4.69) is 5.10 Å². The molecule has 0 bridgehead atoms. The number of carbonyl (C=O) groups excluding carboxylic acids is 2. The molecule has 0 spiro atoms. The molecule has 7 nitrogen and oxygen atoms in total. The molecule has 0 aliphatic heterocycles. The number of nitrogen functional groups attached to an aromatic ring is 1. The Morgan fingerprint density at radius 3 is 2.47 bits per heavy atom. The van der Waals surface area contributed by atoms with Gasteiger partial charge in [-0.25, -0.2) is 0 Å². The summed E-state index contributed by atoms with van der Waals surface area (Å²) in [6.45, 7) is 0.136. The highest BCUT2D eigenvalue weighted by Crippen LogP contribution is 1.99. The Morgan fingerprint density at radius 2 is 2.00 bits per heavy atom. The Balaban J connectivity index is 2.50. The molecule has 0 saturated heterocycles. The molecule has 1 heterocycles. The predicted octanol–water partition coefficient (Wildman–Crippen LogP) is -0.988. The second-order valence-corrected chi connectivity index (χ2v) is 4.01. The van der Waals surface area contributed by atoms with Crippen LogP contribution in [-0.2, 0) is 16.1 Å². The summed E-state index contributed by atoms with van der Waals surface area (Å²) in [4.78, 5) is 25.9. The van der Waals surface area contributed by atoms with Gasteiger partial charge in [-0.1, -0.05) is 0 Å². The van der Waals surface area contributed by atoms with Gasteiger partial charge >= 0.3 is 0 Å². The molecule has 0 atom stereocenters. The zero-order valence-electron chi connectivity index (χ0n) is 10.3. The van der Waals surface area contributed by atoms with Crippen molar-refractivity contribution in [2.45, 2.75) is 6.54 Å². The fourth-order valence-electron chi connectivity index (χ4n) is 1.16. The molecular weight excluding hydrogens is 222 g/mol. The Bertz CT molecular complexity index is 413. The topological polar surface area (TPSA) is 84.5 Å². The maximum atomic E-state index is 11.7. The van der Waals surface area contributed by atoms with Crippen molar-refractivity contribution in [3.63, 3.8) is 0 Å². The van der Waals surface area contributed by atoms with Crippen molar-refractivity contribution in [1.29, 1.82) is 0 Å². The summed E-state index contributed by atoms with van der Waals surface area (Å²) in [6, 6.07) is 0. The number of aromatic nitrogens is 2. The SMILES string of the molecule is CN(C)C(=O)CN(C)C(=O)Cn1cc(N)cn1. The van der Waals surface area contributed by atoms with E-state index in [1.807, 2.05) is 0 Å². The highest BCUT2D eigenvalue weighted by Gasteiger charge is 2.14. The Morgan fingerprint density at radius 1 is 1.35 bits per heavy atom. The first-order chi connectivity index (χ1) is 7.90. The van der Waals surface area contributed by atoms with Crippen molar-refractivity contribution in [3.8, 4) is 0 Å². The normalized spacial score (nSPS) is 10.1. The van der Waals surface area contributed by atoms with Crippen molar-refractivity contribution in [2.75, 3.05) is 33.4 Å². The summed E-state index contributed by atoms with van der Waals surface area (Å²) < 4.78 is 1.44. The Labute approximate surface area is 99.8 Å².